The van der Waals surface area contributed by atoms with Crippen LogP contribution in [0.3, 0.4) is 0 Å². The molecular weight excluding hydrogens is 518 g/mol. The van der Waals surface area contributed by atoms with Gasteiger partial charge < -0.3 is 20.6 Å². The lowest BCUT2D eigenvalue weighted by molar-refractivity contribution is -0.137. The molecule has 0 aliphatic heterocycles. The zero-order chi connectivity index (χ0) is 25.9. The molecule has 3 aromatic rings. The average molecular weight is 548 g/mol. The van der Waals surface area contributed by atoms with Gasteiger partial charge in [0.25, 0.3) is 0 Å². The number of unbranched alkanes of at least 4 members (excludes halogenated alkanes) is 1. The van der Waals surface area contributed by atoms with E-state index in [1.165, 1.54) is 0 Å². The molecule has 0 fully saturated rings. The molecule has 0 saturated heterocycles. The lowest BCUT2D eigenvalue weighted by atomic mass is 10.0. The van der Waals surface area contributed by atoms with Crippen molar-refractivity contribution < 1.29 is 19.5 Å². The molecule has 0 aliphatic rings. The number of carboxylic acid groups (broad SMARTS) is 1. The van der Waals surface area contributed by atoms with Crippen molar-refractivity contribution >= 4 is 52.2 Å². The fraction of sp³-hybridized carbons (Fsp3) is 0.346. The number of aliphatic carboxylic acids is 1. The van der Waals surface area contributed by atoms with E-state index in [1.807, 2.05) is 41.9 Å². The van der Waals surface area contributed by atoms with Crippen LogP contribution in [-0.2, 0) is 22.7 Å². The Morgan fingerprint density at radius 1 is 0.972 bits per heavy atom. The predicted molar refractivity (Wildman–Crippen MR) is 144 cm³/mol. The van der Waals surface area contributed by atoms with Crippen molar-refractivity contribution in [2.75, 3.05) is 0 Å². The maximum atomic E-state index is 13.7. The molecule has 192 valence electrons. The first-order valence-corrected chi connectivity index (χ1v) is 13.9. The van der Waals surface area contributed by atoms with Crippen molar-refractivity contribution in [3.63, 3.8) is 0 Å². The molecule has 0 saturated carbocycles. The lowest BCUT2D eigenvalue weighted by Crippen LogP contribution is -2.51. The number of carboxylic acids is 1. The summed E-state index contributed by atoms with van der Waals surface area (Å²) in [6, 6.07) is 12.4. The number of nitrogens with zero attached hydrogens (tertiary/aromatic N) is 1. The van der Waals surface area contributed by atoms with Gasteiger partial charge in [0.05, 0.1) is 25.6 Å². The minimum absolute atomic E-state index is 0.165. The third-order valence-corrected chi connectivity index (χ3v) is 7.55. The van der Waals surface area contributed by atoms with E-state index in [1.54, 1.807) is 51.8 Å². The van der Waals surface area contributed by atoms with Crippen molar-refractivity contribution in [3.8, 4) is 0 Å². The Hall–Kier alpha value is -2.88. The molecule has 2 heterocycles. The van der Waals surface area contributed by atoms with Crippen LogP contribution in [-0.4, -0.2) is 34.0 Å². The third kappa shape index (κ3) is 8.65. The summed E-state index contributed by atoms with van der Waals surface area (Å²) in [5, 5.41) is 19.4. The fourth-order valence-electron chi connectivity index (χ4n) is 3.76. The van der Waals surface area contributed by atoms with Gasteiger partial charge in [-0.05, 0) is 47.0 Å². The first-order chi connectivity index (χ1) is 17.4. The average Bonchev–Trinajstić information content (AvgIpc) is 3.55. The molecule has 3 amide bonds. The van der Waals surface area contributed by atoms with Crippen molar-refractivity contribution in [3.05, 3.63) is 79.6 Å². The number of hydrogen-bond acceptors (Lipinski definition) is 5. The number of hydrogen-bond donors (Lipinski definition) is 3. The molecule has 2 atom stereocenters. The fourth-order valence-corrected chi connectivity index (χ4v) is 5.32. The quantitative estimate of drug-likeness (QED) is 0.242. The first kappa shape index (κ1) is 27.7. The second-order valence-corrected chi connectivity index (χ2v) is 10.9. The van der Waals surface area contributed by atoms with Gasteiger partial charge in [0.15, 0.2) is 0 Å². The Balaban J connectivity index is 1.76. The maximum Gasteiger partial charge on any atom is 0.315 e. The van der Waals surface area contributed by atoms with Crippen LogP contribution in [0.25, 0.3) is 0 Å². The van der Waals surface area contributed by atoms with Crippen LogP contribution < -0.4 is 10.6 Å². The molecule has 0 unspecified atom stereocenters. The number of carbonyl (C=O) groups is 3. The van der Waals surface area contributed by atoms with Crippen LogP contribution >= 0.6 is 34.3 Å². The van der Waals surface area contributed by atoms with Crippen LogP contribution in [0.15, 0.2) is 59.3 Å². The molecular formula is C26H30ClN3O4S2. The summed E-state index contributed by atoms with van der Waals surface area (Å²) in [6.45, 7) is 2.93. The van der Waals surface area contributed by atoms with Gasteiger partial charge in [-0.1, -0.05) is 55.6 Å². The molecule has 0 aliphatic carbocycles. The topological polar surface area (TPSA) is 98.7 Å². The molecule has 7 nitrogen and oxygen atoms in total. The van der Waals surface area contributed by atoms with E-state index < -0.39 is 24.1 Å². The predicted octanol–water partition coefficient (Wildman–Crippen LogP) is 6.07. The van der Waals surface area contributed by atoms with E-state index in [0.717, 1.165) is 22.6 Å². The highest BCUT2D eigenvalue weighted by molar-refractivity contribution is 7.10. The number of thiophene rings is 2. The number of benzene rings is 1. The summed E-state index contributed by atoms with van der Waals surface area (Å²) in [6.07, 6.45) is 1.82. The van der Waals surface area contributed by atoms with Crippen LogP contribution in [0.4, 0.5) is 4.79 Å². The number of halogens is 1. The SMILES string of the molecule is CCCC[C@H](NC(=O)N[C@@H](CC(=O)O)c1ccc(Cl)cc1)C(=O)N(Cc1cccs1)Cc1cccs1. The lowest BCUT2D eigenvalue weighted by Gasteiger charge is -2.28. The number of rotatable bonds is 13. The molecule has 0 radical (unpaired) electrons. The summed E-state index contributed by atoms with van der Waals surface area (Å²) in [5.74, 6) is -1.21. The van der Waals surface area contributed by atoms with Crippen molar-refractivity contribution in [2.45, 2.75) is 57.8 Å². The van der Waals surface area contributed by atoms with Gasteiger partial charge >= 0.3 is 12.0 Å². The van der Waals surface area contributed by atoms with E-state index in [0.29, 0.717) is 30.1 Å². The van der Waals surface area contributed by atoms with Crippen molar-refractivity contribution in [1.82, 2.24) is 15.5 Å². The monoisotopic (exact) mass is 547 g/mol. The number of nitrogens with one attached hydrogen (secondary N) is 2. The summed E-state index contributed by atoms with van der Waals surface area (Å²) in [5.41, 5.74) is 0.616. The zero-order valence-corrected chi connectivity index (χ0v) is 22.4. The van der Waals surface area contributed by atoms with Crippen molar-refractivity contribution in [1.29, 1.82) is 0 Å². The second-order valence-electron chi connectivity index (χ2n) is 8.37. The first-order valence-electron chi connectivity index (χ1n) is 11.7. The van der Waals surface area contributed by atoms with Crippen LogP contribution in [0.2, 0.25) is 5.02 Å². The van der Waals surface area contributed by atoms with Gasteiger partial charge in [0.2, 0.25) is 5.91 Å². The largest absolute Gasteiger partial charge is 0.481 e. The van der Waals surface area contributed by atoms with Crippen LogP contribution in [0.5, 0.6) is 0 Å². The van der Waals surface area contributed by atoms with Gasteiger partial charge in [-0.25, -0.2) is 4.79 Å². The van der Waals surface area contributed by atoms with E-state index in [-0.39, 0.29) is 12.3 Å². The van der Waals surface area contributed by atoms with E-state index >= 15 is 0 Å². The molecule has 2 aromatic heterocycles. The van der Waals surface area contributed by atoms with Gasteiger partial charge in [-0.3, -0.25) is 9.59 Å². The minimum atomic E-state index is -1.05. The highest BCUT2D eigenvalue weighted by atomic mass is 35.5. The molecule has 10 heteroatoms. The summed E-state index contributed by atoms with van der Waals surface area (Å²) >= 11 is 9.12. The Morgan fingerprint density at radius 2 is 1.58 bits per heavy atom. The Bertz CT molecular complexity index is 1070. The standard InChI is InChI=1S/C26H30ClN3O4S2/c1-2-3-8-22(25(33)30(16-20-6-4-13-35-20)17-21-7-5-14-36-21)28-26(34)29-23(15-24(31)32)18-9-11-19(27)12-10-18/h4-7,9-14,22-23H,2-3,8,15-17H2,1H3,(H,31,32)(H2,28,29,34)/t22-,23-/m0/s1. The Labute approximate surface area is 224 Å². The normalized spacial score (nSPS) is 12.5. The third-order valence-electron chi connectivity index (χ3n) is 5.57. The zero-order valence-electron chi connectivity index (χ0n) is 20.0. The summed E-state index contributed by atoms with van der Waals surface area (Å²) < 4.78 is 0. The maximum absolute atomic E-state index is 13.7. The van der Waals surface area contributed by atoms with E-state index in [4.69, 9.17) is 11.6 Å². The molecule has 0 bridgehead atoms. The molecule has 0 spiro atoms. The highest BCUT2D eigenvalue weighted by Gasteiger charge is 2.28. The molecule has 36 heavy (non-hydrogen) atoms. The van der Waals surface area contributed by atoms with Gasteiger partial charge in [-0.15, -0.1) is 22.7 Å². The number of amides is 3. The Morgan fingerprint density at radius 3 is 2.08 bits per heavy atom. The minimum Gasteiger partial charge on any atom is -0.481 e. The van der Waals surface area contributed by atoms with Crippen LogP contribution in [0, 0.1) is 0 Å². The smallest absolute Gasteiger partial charge is 0.315 e. The van der Waals surface area contributed by atoms with Crippen LogP contribution in [0.1, 0.15) is 54.0 Å². The second kappa shape index (κ2) is 14.0. The molecule has 1 aromatic carbocycles. The molecule has 3 rings (SSSR count). The summed E-state index contributed by atoms with van der Waals surface area (Å²) in [7, 11) is 0. The summed E-state index contributed by atoms with van der Waals surface area (Å²) in [4.78, 5) is 42.0. The Kier molecular flexibility index (Phi) is 10.8. The van der Waals surface area contributed by atoms with Gasteiger partial charge in [0, 0.05) is 14.8 Å². The molecule has 3 N–H and O–H groups in total. The number of carbonyl (C=O) groups excluding carboxylic acids is 2. The highest BCUT2D eigenvalue weighted by Crippen LogP contribution is 2.21. The van der Waals surface area contributed by atoms with Gasteiger partial charge in [-0.2, -0.15) is 0 Å². The number of urea groups is 1. The van der Waals surface area contributed by atoms with E-state index in [2.05, 4.69) is 10.6 Å². The van der Waals surface area contributed by atoms with Crippen molar-refractivity contribution in [2.24, 2.45) is 0 Å². The van der Waals surface area contributed by atoms with Gasteiger partial charge in [0.1, 0.15) is 6.04 Å². The van der Waals surface area contributed by atoms with E-state index in [9.17, 15) is 19.5 Å².